The molecule has 1 atom stereocenters. The lowest BCUT2D eigenvalue weighted by molar-refractivity contribution is -0.391. The van der Waals surface area contributed by atoms with Gasteiger partial charge >= 0.3 is 48.7 Å². The van der Waals surface area contributed by atoms with Gasteiger partial charge in [0.25, 0.3) is 0 Å². The summed E-state index contributed by atoms with van der Waals surface area (Å²) in [6.07, 6.45) is -21.3. The first kappa shape index (κ1) is 46.1. The standard InChI is InChI=1S/C24H20F4N4O3.3C2HF3O2/c1-13-19-9-15(3-4-20(19)32-31-13)16-8-18(11-30-10-16)33-12-17(29)6-14-2-5-21-22(7-14)35-24(27,28)23(25,26)34-21;3*3-2(4,5)1(6)7/h2-5,7-11,17H,6,12,29H2,1H3,(H,31,32);3*(H,6,7)/t17-;;;/m0.../s1. The molecular weight excluding hydrogens is 807 g/mol. The summed E-state index contributed by atoms with van der Waals surface area (Å²) in [5.41, 5.74) is 10.3. The molecule has 308 valence electrons. The number of nitrogens with one attached hydrogen (secondary N) is 1. The fraction of sp³-hybridized carbons (Fsp3) is 0.300. The average molecular weight is 831 g/mol. The summed E-state index contributed by atoms with van der Waals surface area (Å²) < 4.78 is 163. The van der Waals surface area contributed by atoms with Crippen LogP contribution < -0.4 is 19.9 Å². The van der Waals surface area contributed by atoms with Crippen LogP contribution in [0, 0.1) is 6.92 Å². The maximum absolute atomic E-state index is 13.4. The number of carboxylic acid groups (broad SMARTS) is 3. The molecule has 26 heteroatoms. The van der Waals surface area contributed by atoms with Gasteiger partial charge in [0.2, 0.25) is 0 Å². The number of nitrogens with zero attached hydrogens (tertiary/aromatic N) is 2. The fourth-order valence-corrected chi connectivity index (χ4v) is 3.78. The summed E-state index contributed by atoms with van der Waals surface area (Å²) in [4.78, 5) is 30.9. The molecule has 1 aliphatic rings. The van der Waals surface area contributed by atoms with Gasteiger partial charge in [0.1, 0.15) is 12.4 Å². The number of aromatic amines is 1. The number of rotatable bonds is 6. The molecule has 0 amide bonds. The molecule has 0 spiro atoms. The lowest BCUT2D eigenvalue weighted by Crippen LogP contribution is -2.52. The van der Waals surface area contributed by atoms with E-state index in [2.05, 4.69) is 24.7 Å². The van der Waals surface area contributed by atoms with Crippen LogP contribution in [-0.4, -0.2) is 91.8 Å². The van der Waals surface area contributed by atoms with Gasteiger partial charge in [0, 0.05) is 28.9 Å². The van der Waals surface area contributed by atoms with E-state index in [-0.39, 0.29) is 13.0 Å². The number of hydrogen-bond donors (Lipinski definition) is 5. The van der Waals surface area contributed by atoms with Crippen molar-refractivity contribution in [1.82, 2.24) is 15.2 Å². The lowest BCUT2D eigenvalue weighted by Gasteiger charge is -2.32. The molecule has 0 radical (unpaired) electrons. The minimum Gasteiger partial charge on any atom is -0.490 e. The summed E-state index contributed by atoms with van der Waals surface area (Å²) in [6.45, 7) is 2.05. The first-order chi connectivity index (χ1) is 25.4. The molecule has 0 unspecified atom stereocenters. The Morgan fingerprint density at radius 1 is 0.768 bits per heavy atom. The zero-order chi connectivity index (χ0) is 43.0. The Labute approximate surface area is 302 Å². The van der Waals surface area contributed by atoms with Crippen molar-refractivity contribution in [3.05, 3.63) is 66.1 Å². The summed E-state index contributed by atoms with van der Waals surface area (Å²) in [5.74, 6) is -8.71. The second-order valence-corrected chi connectivity index (χ2v) is 10.7. The molecule has 1 aliphatic heterocycles. The zero-order valence-electron chi connectivity index (χ0n) is 27.4. The van der Waals surface area contributed by atoms with Crippen LogP contribution in [0.2, 0.25) is 0 Å². The lowest BCUT2D eigenvalue weighted by atomic mass is 10.0. The molecule has 13 nitrogen and oxygen atoms in total. The predicted molar refractivity (Wildman–Crippen MR) is 160 cm³/mol. The topological polar surface area (TPSA) is 207 Å². The van der Waals surface area contributed by atoms with Crippen LogP contribution in [0.3, 0.4) is 0 Å². The number of halogens is 13. The third-order valence-corrected chi connectivity index (χ3v) is 6.30. The van der Waals surface area contributed by atoms with Crippen LogP contribution in [0.5, 0.6) is 17.2 Å². The summed E-state index contributed by atoms with van der Waals surface area (Å²) in [6, 6.07) is 11.0. The van der Waals surface area contributed by atoms with Crippen molar-refractivity contribution < 1.29 is 101 Å². The SMILES string of the molecule is Cc1[nH]nc2ccc(-c3cncc(OC[C@@H](N)Cc4ccc5c(c4)OC(F)(F)C(F)(F)O5)c3)cc12.O=C(O)C(F)(F)F.O=C(O)C(F)(F)F.O=C(O)C(F)(F)F. The van der Waals surface area contributed by atoms with Crippen molar-refractivity contribution in [3.63, 3.8) is 0 Å². The predicted octanol–water partition coefficient (Wildman–Crippen LogP) is 6.74. The highest BCUT2D eigenvalue weighted by Crippen LogP contribution is 2.47. The van der Waals surface area contributed by atoms with Crippen molar-refractivity contribution >= 4 is 28.8 Å². The highest BCUT2D eigenvalue weighted by Gasteiger charge is 2.66. The van der Waals surface area contributed by atoms with Gasteiger partial charge in [-0.3, -0.25) is 10.1 Å². The Morgan fingerprint density at radius 2 is 1.27 bits per heavy atom. The van der Waals surface area contributed by atoms with Gasteiger partial charge in [-0.2, -0.15) is 62.2 Å². The van der Waals surface area contributed by atoms with E-state index in [9.17, 15) is 57.1 Å². The van der Waals surface area contributed by atoms with Crippen molar-refractivity contribution in [2.24, 2.45) is 5.73 Å². The minimum absolute atomic E-state index is 0.105. The van der Waals surface area contributed by atoms with Crippen LogP contribution in [0.15, 0.2) is 54.9 Å². The Kier molecular flexibility index (Phi) is 14.5. The van der Waals surface area contributed by atoms with Crippen molar-refractivity contribution in [2.45, 2.75) is 50.1 Å². The van der Waals surface area contributed by atoms with Crippen LogP contribution >= 0.6 is 0 Å². The molecule has 0 fully saturated rings. The number of aromatic nitrogens is 3. The third kappa shape index (κ3) is 13.3. The number of alkyl halides is 13. The number of fused-ring (bicyclic) bond motifs is 2. The number of aryl methyl sites for hydroxylation is 1. The van der Waals surface area contributed by atoms with E-state index in [1.54, 1.807) is 12.4 Å². The summed E-state index contributed by atoms with van der Waals surface area (Å²) >= 11 is 0. The number of nitrogens with two attached hydrogens (primary N) is 1. The highest BCUT2D eigenvalue weighted by molar-refractivity contribution is 5.86. The molecule has 3 heterocycles. The Morgan fingerprint density at radius 3 is 1.77 bits per heavy atom. The van der Waals surface area contributed by atoms with E-state index in [0.717, 1.165) is 33.8 Å². The van der Waals surface area contributed by atoms with Crippen molar-refractivity contribution in [3.8, 4) is 28.4 Å². The Hall–Kier alpha value is -6.08. The van der Waals surface area contributed by atoms with Crippen LogP contribution in [0.25, 0.3) is 22.0 Å². The molecule has 56 heavy (non-hydrogen) atoms. The first-order valence-corrected chi connectivity index (χ1v) is 14.4. The maximum atomic E-state index is 13.4. The molecular formula is C30H23F13N4O9. The van der Waals surface area contributed by atoms with Crippen LogP contribution in [0.4, 0.5) is 57.1 Å². The van der Waals surface area contributed by atoms with Gasteiger partial charge in [-0.05, 0) is 54.8 Å². The Bertz CT molecular complexity index is 1940. The van der Waals surface area contributed by atoms with Crippen molar-refractivity contribution in [2.75, 3.05) is 6.61 Å². The molecule has 0 bridgehead atoms. The van der Waals surface area contributed by atoms with Gasteiger partial charge in [0.05, 0.1) is 11.7 Å². The molecule has 0 saturated carbocycles. The van der Waals surface area contributed by atoms with Gasteiger partial charge in [-0.25, -0.2) is 14.4 Å². The van der Waals surface area contributed by atoms with E-state index in [1.807, 2.05) is 31.2 Å². The molecule has 2 aromatic carbocycles. The van der Waals surface area contributed by atoms with Gasteiger partial charge < -0.3 is 35.3 Å². The second-order valence-electron chi connectivity index (χ2n) is 10.7. The quantitative estimate of drug-likeness (QED) is 0.128. The number of hydrogen-bond acceptors (Lipinski definition) is 9. The van der Waals surface area contributed by atoms with E-state index >= 15 is 0 Å². The monoisotopic (exact) mass is 830 g/mol. The summed E-state index contributed by atoms with van der Waals surface area (Å²) in [5, 5.41) is 29.6. The number of carboxylic acids is 3. The van der Waals surface area contributed by atoms with Crippen LogP contribution in [0.1, 0.15) is 11.3 Å². The number of ether oxygens (including phenoxy) is 3. The largest absolute Gasteiger partial charge is 0.507 e. The minimum atomic E-state index is -5.08. The van der Waals surface area contributed by atoms with E-state index < -0.39 is 66.2 Å². The molecule has 6 N–H and O–H groups in total. The molecule has 0 aliphatic carbocycles. The summed E-state index contributed by atoms with van der Waals surface area (Å²) in [7, 11) is 0. The molecule has 4 aromatic rings. The number of pyridine rings is 1. The van der Waals surface area contributed by atoms with Crippen molar-refractivity contribution in [1.29, 1.82) is 0 Å². The maximum Gasteiger partial charge on any atom is 0.507 e. The fourth-order valence-electron chi connectivity index (χ4n) is 3.78. The Balaban J connectivity index is 0.000000423. The first-order valence-electron chi connectivity index (χ1n) is 14.4. The smallest absolute Gasteiger partial charge is 0.490 e. The molecule has 5 rings (SSSR count). The second kappa shape index (κ2) is 17.6. The van der Waals surface area contributed by atoms with E-state index in [4.69, 9.17) is 40.2 Å². The van der Waals surface area contributed by atoms with Gasteiger partial charge in [-0.1, -0.05) is 12.1 Å². The number of aliphatic carboxylic acids is 3. The third-order valence-electron chi connectivity index (χ3n) is 6.30. The normalized spacial score (nSPS) is 14.7. The zero-order valence-corrected chi connectivity index (χ0v) is 27.4. The van der Waals surface area contributed by atoms with E-state index in [1.165, 1.54) is 12.1 Å². The number of carbonyl (C=O) groups is 3. The number of benzene rings is 2. The molecule has 0 saturated heterocycles. The highest BCUT2D eigenvalue weighted by atomic mass is 19.4. The van der Waals surface area contributed by atoms with Gasteiger partial charge in [0.15, 0.2) is 11.5 Å². The average Bonchev–Trinajstić information content (AvgIpc) is 3.43. The van der Waals surface area contributed by atoms with Gasteiger partial charge in [-0.15, -0.1) is 0 Å². The molecule has 2 aromatic heterocycles. The number of H-pyrrole nitrogens is 1. The van der Waals surface area contributed by atoms with E-state index in [0.29, 0.717) is 11.3 Å². The van der Waals surface area contributed by atoms with Crippen LogP contribution in [-0.2, 0) is 20.8 Å².